The van der Waals surface area contributed by atoms with Crippen LogP contribution in [0, 0.1) is 0 Å². The number of hydrogen-bond acceptors (Lipinski definition) is 7. The SMILES string of the molecule is NS(=O)(=O)c1cc2c(cc1Cl)N=C(CSCc1ccccc1)NS2(=O)=O.O=P(O)(O)O. The van der Waals surface area contributed by atoms with Crippen molar-refractivity contribution in [3.05, 3.63) is 53.1 Å². The smallest absolute Gasteiger partial charge is 0.303 e. The van der Waals surface area contributed by atoms with Crippen LogP contribution in [0.3, 0.4) is 0 Å². The van der Waals surface area contributed by atoms with Gasteiger partial charge in [-0.15, -0.1) is 11.8 Å². The number of phosphoric acid groups is 1. The summed E-state index contributed by atoms with van der Waals surface area (Å²) in [5.74, 6) is 1.28. The zero-order valence-electron chi connectivity index (χ0n) is 15.4. The lowest BCUT2D eigenvalue weighted by atomic mass is 10.2. The van der Waals surface area contributed by atoms with E-state index < -0.39 is 32.8 Å². The first-order chi connectivity index (χ1) is 14.2. The maximum Gasteiger partial charge on any atom is 0.466 e. The van der Waals surface area contributed by atoms with Gasteiger partial charge in [-0.25, -0.2) is 31.5 Å². The van der Waals surface area contributed by atoms with Gasteiger partial charge in [0.05, 0.1) is 16.5 Å². The average molecular weight is 530 g/mol. The number of sulfonamides is 2. The first-order valence-electron chi connectivity index (χ1n) is 8.03. The third kappa shape index (κ3) is 8.18. The van der Waals surface area contributed by atoms with Gasteiger partial charge < -0.3 is 14.7 Å². The molecular formula is C15H17ClN3O8PS3. The number of nitrogens with two attached hydrogens (primary N) is 1. The van der Waals surface area contributed by atoms with Crippen LogP contribution in [0.15, 0.2) is 57.2 Å². The number of rotatable bonds is 5. The number of benzene rings is 2. The van der Waals surface area contributed by atoms with E-state index in [1.807, 2.05) is 30.3 Å². The van der Waals surface area contributed by atoms with Crippen LogP contribution in [0.5, 0.6) is 0 Å². The van der Waals surface area contributed by atoms with Crippen molar-refractivity contribution in [3.63, 3.8) is 0 Å². The van der Waals surface area contributed by atoms with Crippen LogP contribution in [0.25, 0.3) is 0 Å². The summed E-state index contributed by atoms with van der Waals surface area (Å²) in [4.78, 5) is 25.1. The van der Waals surface area contributed by atoms with Gasteiger partial charge in [-0.05, 0) is 17.7 Å². The molecule has 3 rings (SSSR count). The van der Waals surface area contributed by atoms with Crippen molar-refractivity contribution in [2.24, 2.45) is 10.1 Å². The van der Waals surface area contributed by atoms with E-state index in [9.17, 15) is 16.8 Å². The predicted molar refractivity (Wildman–Crippen MR) is 117 cm³/mol. The third-order valence-corrected chi connectivity index (χ3v) is 7.27. The van der Waals surface area contributed by atoms with E-state index in [2.05, 4.69) is 9.71 Å². The van der Waals surface area contributed by atoms with Crippen LogP contribution in [0.4, 0.5) is 5.69 Å². The zero-order chi connectivity index (χ0) is 23.4. The van der Waals surface area contributed by atoms with E-state index in [0.717, 1.165) is 11.6 Å². The molecule has 0 unspecified atom stereocenters. The quantitative estimate of drug-likeness (QED) is 0.354. The highest BCUT2D eigenvalue weighted by Gasteiger charge is 2.29. The van der Waals surface area contributed by atoms with Crippen LogP contribution in [0.2, 0.25) is 5.02 Å². The van der Waals surface area contributed by atoms with Gasteiger partial charge in [0.25, 0.3) is 10.0 Å². The Morgan fingerprint density at radius 2 is 1.71 bits per heavy atom. The predicted octanol–water partition coefficient (Wildman–Crippen LogP) is 1.31. The van der Waals surface area contributed by atoms with E-state index >= 15 is 0 Å². The molecule has 0 bridgehead atoms. The Balaban J connectivity index is 0.000000614. The minimum absolute atomic E-state index is 0.0801. The molecule has 0 aliphatic carbocycles. The van der Waals surface area contributed by atoms with Crippen LogP contribution >= 0.6 is 31.2 Å². The molecule has 0 amide bonds. The molecular weight excluding hydrogens is 513 g/mol. The van der Waals surface area contributed by atoms with Gasteiger partial charge in [-0.2, -0.15) is 0 Å². The summed E-state index contributed by atoms with van der Waals surface area (Å²) in [7, 11) is -12.7. The third-order valence-electron chi connectivity index (χ3n) is 3.47. The Bertz CT molecular complexity index is 1240. The van der Waals surface area contributed by atoms with Gasteiger partial charge in [0, 0.05) is 5.75 Å². The maximum absolute atomic E-state index is 12.4. The molecule has 1 aliphatic heterocycles. The summed E-state index contributed by atoms with van der Waals surface area (Å²) in [6, 6.07) is 11.8. The fourth-order valence-electron chi connectivity index (χ4n) is 2.32. The maximum atomic E-state index is 12.4. The molecule has 0 aromatic heterocycles. The van der Waals surface area contributed by atoms with Crippen LogP contribution in [-0.2, 0) is 30.4 Å². The van der Waals surface area contributed by atoms with Gasteiger partial charge in [0.15, 0.2) is 0 Å². The molecule has 31 heavy (non-hydrogen) atoms. The number of primary sulfonamides is 1. The Labute approximate surface area is 187 Å². The van der Waals surface area contributed by atoms with Gasteiger partial charge in [-0.3, -0.25) is 4.72 Å². The second kappa shape index (κ2) is 9.98. The van der Waals surface area contributed by atoms with E-state index in [0.29, 0.717) is 11.5 Å². The first kappa shape index (κ1) is 25.8. The Kier molecular flexibility index (Phi) is 8.30. The number of hydrogen-bond donors (Lipinski definition) is 5. The van der Waals surface area contributed by atoms with E-state index in [1.54, 1.807) is 0 Å². The van der Waals surface area contributed by atoms with Crippen molar-refractivity contribution in [1.29, 1.82) is 0 Å². The van der Waals surface area contributed by atoms with Crippen molar-refractivity contribution in [1.82, 2.24) is 4.72 Å². The second-order valence-corrected chi connectivity index (χ2v) is 11.6. The highest BCUT2D eigenvalue weighted by atomic mass is 35.5. The molecule has 0 fully saturated rings. The molecule has 0 spiro atoms. The van der Waals surface area contributed by atoms with Crippen LogP contribution in [-0.4, -0.2) is 43.1 Å². The molecule has 1 heterocycles. The molecule has 6 N–H and O–H groups in total. The van der Waals surface area contributed by atoms with E-state index in [4.69, 9.17) is 36.0 Å². The van der Waals surface area contributed by atoms with Crippen LogP contribution in [0.1, 0.15) is 5.56 Å². The van der Waals surface area contributed by atoms with Crippen molar-refractivity contribution < 1.29 is 36.1 Å². The summed E-state index contributed by atoms with van der Waals surface area (Å²) in [5, 5.41) is 4.88. The monoisotopic (exact) mass is 529 g/mol. The molecule has 0 atom stereocenters. The molecule has 0 saturated heterocycles. The number of amidine groups is 1. The lowest BCUT2D eigenvalue weighted by Gasteiger charge is -2.19. The number of nitrogens with one attached hydrogen (secondary N) is 1. The summed E-state index contributed by atoms with van der Waals surface area (Å²) in [6.45, 7) is 0. The lowest BCUT2D eigenvalue weighted by molar-refractivity contribution is 0.275. The molecule has 170 valence electrons. The van der Waals surface area contributed by atoms with Gasteiger partial charge >= 0.3 is 7.82 Å². The van der Waals surface area contributed by atoms with Crippen LogP contribution < -0.4 is 9.86 Å². The average Bonchev–Trinajstić information content (AvgIpc) is 2.59. The normalized spacial score (nSPS) is 15.1. The summed E-state index contributed by atoms with van der Waals surface area (Å²) >= 11 is 7.42. The topological polar surface area (TPSA) is 196 Å². The molecule has 2 aromatic rings. The largest absolute Gasteiger partial charge is 0.466 e. The zero-order valence-corrected chi connectivity index (χ0v) is 19.5. The van der Waals surface area contributed by atoms with Crippen molar-refractivity contribution >= 4 is 62.8 Å². The summed E-state index contributed by atoms with van der Waals surface area (Å²) < 4.78 is 59.2. The number of nitrogens with zero attached hydrogens (tertiary/aromatic N) is 1. The van der Waals surface area contributed by atoms with Crippen molar-refractivity contribution in [2.45, 2.75) is 15.5 Å². The Morgan fingerprint density at radius 3 is 2.26 bits per heavy atom. The van der Waals surface area contributed by atoms with Gasteiger partial charge in [-0.1, -0.05) is 41.9 Å². The number of fused-ring (bicyclic) bond motifs is 1. The Morgan fingerprint density at radius 1 is 1.13 bits per heavy atom. The van der Waals surface area contributed by atoms with Gasteiger partial charge in [0.1, 0.15) is 15.6 Å². The number of thioether (sulfide) groups is 1. The first-order valence-corrected chi connectivity index (χ1v) is 14.2. The molecule has 0 saturated carbocycles. The Hall–Kier alpha value is -1.48. The molecule has 11 nitrogen and oxygen atoms in total. The highest BCUT2D eigenvalue weighted by Crippen LogP contribution is 2.35. The van der Waals surface area contributed by atoms with Crippen molar-refractivity contribution in [3.8, 4) is 0 Å². The summed E-state index contributed by atoms with van der Waals surface area (Å²) in [6.07, 6.45) is 0. The molecule has 1 aliphatic rings. The standard InChI is InChI=1S/C15H14ClN3O4S3.H3O4P/c16-11-6-12-14(7-13(11)25(17,20)21)26(22,23)19-15(18-12)9-24-8-10-4-2-1-3-5-10;1-5(2,3)4/h1-7H,8-9H2,(H,18,19)(H2,17,20,21);(H3,1,2,3,4). The minimum Gasteiger partial charge on any atom is -0.303 e. The number of aliphatic imine (C=N–C) groups is 1. The fraction of sp³-hybridized carbons (Fsp3) is 0.133. The summed E-state index contributed by atoms with van der Waals surface area (Å²) in [5.41, 5.74) is 1.19. The highest BCUT2D eigenvalue weighted by molar-refractivity contribution is 7.99. The fourth-order valence-corrected chi connectivity index (χ4v) is 5.64. The van der Waals surface area contributed by atoms with E-state index in [-0.39, 0.29) is 21.4 Å². The second-order valence-electron chi connectivity index (χ2n) is 5.95. The molecule has 2 aromatic carbocycles. The molecule has 16 heteroatoms. The molecule has 0 radical (unpaired) electrons. The lowest BCUT2D eigenvalue weighted by Crippen LogP contribution is -2.35. The minimum atomic E-state index is -4.64. The number of halogens is 1. The van der Waals surface area contributed by atoms with E-state index in [1.165, 1.54) is 17.8 Å². The van der Waals surface area contributed by atoms with Crippen molar-refractivity contribution in [2.75, 3.05) is 5.75 Å². The van der Waals surface area contributed by atoms with Gasteiger partial charge in [0.2, 0.25) is 10.0 Å².